The highest BCUT2D eigenvalue weighted by Gasteiger charge is 2.27. The molecule has 1 radical (unpaired) electrons. The van der Waals surface area contributed by atoms with Gasteiger partial charge in [-0.25, -0.2) is 0 Å². The van der Waals surface area contributed by atoms with Crippen LogP contribution in [0.15, 0.2) is 0 Å². The Morgan fingerprint density at radius 3 is 1.67 bits per heavy atom. The Labute approximate surface area is 78.4 Å². The Morgan fingerprint density at radius 2 is 1.58 bits per heavy atom. The maximum absolute atomic E-state index is 8.97. The van der Waals surface area contributed by atoms with E-state index in [1.165, 1.54) is 0 Å². The van der Waals surface area contributed by atoms with Crippen molar-refractivity contribution in [1.29, 1.82) is 5.26 Å². The van der Waals surface area contributed by atoms with Crippen molar-refractivity contribution in [3.63, 3.8) is 0 Å². The van der Waals surface area contributed by atoms with Crippen molar-refractivity contribution in [2.75, 3.05) is 0 Å². The normalized spacial score (nSPS) is 13.9. The second-order valence-corrected chi connectivity index (χ2v) is 7.91. The van der Waals surface area contributed by atoms with Gasteiger partial charge in [-0.3, -0.25) is 0 Å². The summed E-state index contributed by atoms with van der Waals surface area (Å²) < 4.78 is 0. The predicted molar refractivity (Wildman–Crippen MR) is 55.6 cm³/mol. The van der Waals surface area contributed by atoms with E-state index < -0.39 is 8.80 Å². The molecule has 0 aliphatic heterocycles. The number of hydrogen-bond donors (Lipinski definition) is 0. The Balaban J connectivity index is 4.39. The van der Waals surface area contributed by atoms with E-state index in [-0.39, 0.29) is 0 Å². The van der Waals surface area contributed by atoms with Crippen molar-refractivity contribution in [2.45, 2.75) is 57.7 Å². The molecule has 0 aliphatic rings. The molecule has 0 heterocycles. The third-order valence-corrected chi connectivity index (χ3v) is 6.31. The van der Waals surface area contributed by atoms with Crippen LogP contribution in [0, 0.1) is 11.3 Å². The molecule has 0 spiro atoms. The molecule has 0 amide bonds. The van der Waals surface area contributed by atoms with Crippen LogP contribution in [-0.2, 0) is 0 Å². The molecule has 0 aromatic rings. The first-order chi connectivity index (χ1) is 5.54. The molecule has 0 aromatic heterocycles. The standard InChI is InChI=1S/C10H20NSi/c1-6-10(7-11)12(8(2)3)9(4)5/h8-10H,6H2,1-5H3. The van der Waals surface area contributed by atoms with E-state index in [2.05, 4.69) is 40.7 Å². The fourth-order valence-corrected chi connectivity index (χ4v) is 5.44. The smallest absolute Gasteiger partial charge is 0.0744 e. The van der Waals surface area contributed by atoms with Crippen LogP contribution in [0.4, 0.5) is 0 Å². The van der Waals surface area contributed by atoms with Crippen LogP contribution < -0.4 is 0 Å². The van der Waals surface area contributed by atoms with Crippen LogP contribution in [0.5, 0.6) is 0 Å². The average Bonchev–Trinajstić information content (AvgIpc) is 1.98. The Bertz CT molecular complexity index is 150. The van der Waals surface area contributed by atoms with Crippen LogP contribution in [0.3, 0.4) is 0 Å². The molecular weight excluding hydrogens is 162 g/mol. The lowest BCUT2D eigenvalue weighted by Crippen LogP contribution is -2.26. The first-order valence-corrected chi connectivity index (χ1v) is 6.54. The van der Waals surface area contributed by atoms with Gasteiger partial charge in [0, 0.05) is 5.54 Å². The molecule has 12 heavy (non-hydrogen) atoms. The molecule has 0 aromatic carbocycles. The van der Waals surface area contributed by atoms with Gasteiger partial charge in [0.1, 0.15) is 0 Å². The molecule has 1 unspecified atom stereocenters. The first-order valence-electron chi connectivity index (χ1n) is 4.80. The summed E-state index contributed by atoms with van der Waals surface area (Å²) in [6.45, 7) is 11.2. The third kappa shape index (κ3) is 2.98. The van der Waals surface area contributed by atoms with E-state index in [1.54, 1.807) is 0 Å². The van der Waals surface area contributed by atoms with E-state index in [1.807, 2.05) is 0 Å². The second kappa shape index (κ2) is 5.37. The maximum Gasteiger partial charge on any atom is 0.0744 e. The quantitative estimate of drug-likeness (QED) is 0.609. The van der Waals surface area contributed by atoms with E-state index in [9.17, 15) is 0 Å². The summed E-state index contributed by atoms with van der Waals surface area (Å²) in [5, 5.41) is 8.97. The van der Waals surface area contributed by atoms with Crippen LogP contribution in [0.1, 0.15) is 41.0 Å². The zero-order chi connectivity index (χ0) is 9.72. The largest absolute Gasteiger partial charge is 0.198 e. The van der Waals surface area contributed by atoms with Crippen molar-refractivity contribution >= 4 is 8.80 Å². The lowest BCUT2D eigenvalue weighted by molar-refractivity contribution is 0.840. The van der Waals surface area contributed by atoms with Crippen molar-refractivity contribution < 1.29 is 0 Å². The SMILES string of the molecule is CCC(C#N)[Si](C(C)C)C(C)C. The monoisotopic (exact) mass is 182 g/mol. The number of rotatable bonds is 4. The molecule has 1 nitrogen and oxygen atoms in total. The molecular formula is C10H20NSi. The van der Waals surface area contributed by atoms with Gasteiger partial charge in [0.25, 0.3) is 0 Å². The lowest BCUT2D eigenvalue weighted by Gasteiger charge is -2.26. The zero-order valence-electron chi connectivity index (χ0n) is 8.89. The molecule has 0 aliphatic carbocycles. The third-order valence-electron chi connectivity index (χ3n) is 2.30. The van der Waals surface area contributed by atoms with E-state index in [0.29, 0.717) is 5.54 Å². The Kier molecular flexibility index (Phi) is 5.24. The summed E-state index contributed by atoms with van der Waals surface area (Å²) in [5.74, 6) is 0. The zero-order valence-corrected chi connectivity index (χ0v) is 9.89. The Hall–Kier alpha value is -0.293. The number of nitrogens with zero attached hydrogens (tertiary/aromatic N) is 1. The van der Waals surface area contributed by atoms with E-state index in [4.69, 9.17) is 5.26 Å². The van der Waals surface area contributed by atoms with E-state index in [0.717, 1.165) is 17.5 Å². The summed E-state index contributed by atoms with van der Waals surface area (Å²) in [4.78, 5) is 0. The van der Waals surface area contributed by atoms with Crippen molar-refractivity contribution in [3.8, 4) is 6.07 Å². The van der Waals surface area contributed by atoms with Crippen LogP contribution in [0.2, 0.25) is 16.6 Å². The van der Waals surface area contributed by atoms with Gasteiger partial charge >= 0.3 is 0 Å². The van der Waals surface area contributed by atoms with Crippen molar-refractivity contribution in [3.05, 3.63) is 0 Å². The first kappa shape index (κ1) is 11.7. The molecule has 1 atom stereocenters. The minimum atomic E-state index is -0.480. The predicted octanol–water partition coefficient (Wildman–Crippen LogP) is 3.60. The van der Waals surface area contributed by atoms with Gasteiger partial charge in [-0.2, -0.15) is 5.26 Å². The summed E-state index contributed by atoms with van der Waals surface area (Å²) in [5.41, 5.74) is 1.79. The van der Waals surface area contributed by atoms with Gasteiger partial charge in [-0.1, -0.05) is 45.7 Å². The fraction of sp³-hybridized carbons (Fsp3) is 0.900. The summed E-state index contributed by atoms with van der Waals surface area (Å²) in [7, 11) is -0.480. The molecule has 2 heteroatoms. The van der Waals surface area contributed by atoms with Gasteiger partial charge in [-0.05, 0) is 6.42 Å². The molecule has 0 saturated carbocycles. The van der Waals surface area contributed by atoms with Gasteiger partial charge in [-0.15, -0.1) is 0 Å². The molecule has 0 saturated heterocycles. The summed E-state index contributed by atoms with van der Waals surface area (Å²) >= 11 is 0. The Morgan fingerprint density at radius 1 is 1.17 bits per heavy atom. The summed E-state index contributed by atoms with van der Waals surface area (Å²) in [6, 6.07) is 2.46. The maximum atomic E-state index is 8.97. The number of hydrogen-bond acceptors (Lipinski definition) is 1. The highest BCUT2D eigenvalue weighted by atomic mass is 28.3. The fourth-order valence-electron chi connectivity index (χ4n) is 1.87. The van der Waals surface area contributed by atoms with Crippen molar-refractivity contribution in [1.82, 2.24) is 0 Å². The average molecular weight is 182 g/mol. The number of nitriles is 1. The van der Waals surface area contributed by atoms with Crippen LogP contribution in [0.25, 0.3) is 0 Å². The minimum Gasteiger partial charge on any atom is -0.198 e. The summed E-state index contributed by atoms with van der Waals surface area (Å²) in [6.07, 6.45) is 1.03. The van der Waals surface area contributed by atoms with Gasteiger partial charge < -0.3 is 0 Å². The van der Waals surface area contributed by atoms with Gasteiger partial charge in [0.15, 0.2) is 0 Å². The molecule has 69 valence electrons. The molecule has 0 fully saturated rings. The topological polar surface area (TPSA) is 23.8 Å². The highest BCUT2D eigenvalue weighted by Crippen LogP contribution is 2.31. The second-order valence-electron chi connectivity index (χ2n) is 3.90. The van der Waals surface area contributed by atoms with Crippen LogP contribution >= 0.6 is 0 Å². The van der Waals surface area contributed by atoms with Gasteiger partial charge in [0.05, 0.1) is 14.9 Å². The highest BCUT2D eigenvalue weighted by molar-refractivity contribution is 6.64. The van der Waals surface area contributed by atoms with Crippen LogP contribution in [-0.4, -0.2) is 8.80 Å². The molecule has 0 N–H and O–H groups in total. The van der Waals surface area contributed by atoms with Crippen molar-refractivity contribution in [2.24, 2.45) is 0 Å². The lowest BCUT2D eigenvalue weighted by atomic mass is 10.4. The van der Waals surface area contributed by atoms with Gasteiger partial charge in [0.2, 0.25) is 0 Å². The minimum absolute atomic E-state index is 0.343. The molecule has 0 bridgehead atoms. The molecule has 0 rings (SSSR count). The van der Waals surface area contributed by atoms with E-state index >= 15 is 0 Å².